The van der Waals surface area contributed by atoms with Gasteiger partial charge in [-0.25, -0.2) is 0 Å². The monoisotopic (exact) mass is 468 g/mol. The van der Waals surface area contributed by atoms with Gasteiger partial charge in [-0.3, -0.25) is 4.79 Å². The van der Waals surface area contributed by atoms with E-state index >= 15 is 0 Å². The lowest BCUT2D eigenvalue weighted by Gasteiger charge is -2.34. The molecule has 1 aromatic carbocycles. The molecule has 0 bridgehead atoms. The Morgan fingerprint density at radius 2 is 2.04 bits per heavy atom. The van der Waals surface area contributed by atoms with Gasteiger partial charge in [0.1, 0.15) is 16.9 Å². The third-order valence-corrected chi connectivity index (χ3v) is 7.64. The summed E-state index contributed by atoms with van der Waals surface area (Å²) < 4.78 is 0.505. The molecule has 2 heterocycles. The molecular weight excluding hydrogens is 448 g/mol. The summed E-state index contributed by atoms with van der Waals surface area (Å²) >= 11 is 11.1. The van der Waals surface area contributed by atoms with Gasteiger partial charge in [0.05, 0.1) is 10.0 Å². The van der Waals surface area contributed by atoms with Crippen LogP contribution in [-0.2, 0) is 12.8 Å². The summed E-state index contributed by atoms with van der Waals surface area (Å²) in [6.07, 6.45) is 2.55. The molecule has 0 saturated carbocycles. The zero-order valence-electron chi connectivity index (χ0n) is 15.5. The normalized spacial score (nSPS) is 21.9. The Bertz CT molecular complexity index is 935. The summed E-state index contributed by atoms with van der Waals surface area (Å²) in [5.41, 5.74) is 2.78. The first kappa shape index (κ1) is 19.1. The number of thiophene rings is 1. The Hall–Kier alpha value is -1.24. The van der Waals surface area contributed by atoms with E-state index in [1.807, 2.05) is 0 Å². The Balaban J connectivity index is 1.69. The Morgan fingerprint density at radius 3 is 2.74 bits per heavy atom. The molecule has 2 aromatic rings. The van der Waals surface area contributed by atoms with Crippen LogP contribution in [0.4, 0.5) is 5.00 Å². The second kappa shape index (κ2) is 6.68. The number of phenols is 1. The van der Waals surface area contributed by atoms with E-state index < -0.39 is 6.17 Å². The number of hydrogen-bond donors (Lipinski definition) is 3. The number of hydrogen-bond acceptors (Lipinski definition) is 4. The average molecular weight is 470 g/mol. The molecule has 1 amide bonds. The molecule has 4 rings (SSSR count). The molecular formula is C20H22BrClN2O2S. The molecule has 1 aliphatic heterocycles. The van der Waals surface area contributed by atoms with Crippen molar-refractivity contribution < 1.29 is 9.90 Å². The number of nitrogens with one attached hydrogen (secondary N) is 2. The minimum absolute atomic E-state index is 0.0785. The lowest BCUT2D eigenvalue weighted by Crippen LogP contribution is -2.38. The summed E-state index contributed by atoms with van der Waals surface area (Å²) in [4.78, 5) is 14.2. The lowest BCUT2D eigenvalue weighted by molar-refractivity contribution is 0.0934. The number of anilines is 1. The third kappa shape index (κ3) is 3.36. The number of carbonyl (C=O) groups excluding carboxylic acids is 1. The highest BCUT2D eigenvalue weighted by atomic mass is 79.9. The summed E-state index contributed by atoms with van der Waals surface area (Å²) in [6.45, 7) is 6.87. The fourth-order valence-electron chi connectivity index (χ4n) is 4.00. The van der Waals surface area contributed by atoms with Crippen molar-refractivity contribution in [3.63, 3.8) is 0 Å². The van der Waals surface area contributed by atoms with Crippen LogP contribution in [0.2, 0.25) is 5.02 Å². The smallest absolute Gasteiger partial charge is 0.256 e. The number of aromatic hydroxyl groups is 1. The standard InChI is InChI=1S/C20H22BrClN2O2S/c1-20(2,3)9-4-5-11-14(6-9)27-19-15(11)18(26)23-17(24-19)12-7-10(22)8-13(21)16(12)25/h7-9,17,24-25H,4-6H2,1-3H3,(H,23,26)/t9-,17-/m1/s1. The molecule has 0 spiro atoms. The number of carbonyl (C=O) groups is 1. The largest absolute Gasteiger partial charge is 0.506 e. The van der Waals surface area contributed by atoms with E-state index in [1.165, 1.54) is 10.4 Å². The second-order valence-corrected chi connectivity index (χ2v) is 10.8. The van der Waals surface area contributed by atoms with E-state index in [-0.39, 0.29) is 17.1 Å². The van der Waals surface area contributed by atoms with E-state index in [0.717, 1.165) is 29.8 Å². The lowest BCUT2D eigenvalue weighted by atomic mass is 9.72. The molecule has 1 aromatic heterocycles. The number of phenolic OH excluding ortho intramolecular Hbond substituents is 1. The minimum atomic E-state index is -0.515. The van der Waals surface area contributed by atoms with Gasteiger partial charge in [-0.2, -0.15) is 0 Å². The molecule has 2 aliphatic rings. The number of benzene rings is 1. The highest BCUT2D eigenvalue weighted by Gasteiger charge is 2.37. The SMILES string of the molecule is CC(C)(C)[C@@H]1CCc2c(sc3c2C(=O)N[C@@H](c2cc(Cl)cc(Br)c2O)N3)C1. The molecule has 144 valence electrons. The van der Waals surface area contributed by atoms with E-state index in [0.29, 0.717) is 21.0 Å². The van der Waals surface area contributed by atoms with Gasteiger partial charge in [0.15, 0.2) is 0 Å². The van der Waals surface area contributed by atoms with Crippen molar-refractivity contribution in [3.05, 3.63) is 43.2 Å². The van der Waals surface area contributed by atoms with Gasteiger partial charge in [-0.1, -0.05) is 32.4 Å². The van der Waals surface area contributed by atoms with Gasteiger partial charge < -0.3 is 15.7 Å². The first-order chi connectivity index (χ1) is 12.6. The van der Waals surface area contributed by atoms with Crippen LogP contribution in [-0.4, -0.2) is 11.0 Å². The molecule has 4 nitrogen and oxygen atoms in total. The second-order valence-electron chi connectivity index (χ2n) is 8.39. The highest BCUT2D eigenvalue weighted by molar-refractivity contribution is 9.10. The van der Waals surface area contributed by atoms with Gasteiger partial charge >= 0.3 is 0 Å². The zero-order chi connectivity index (χ0) is 19.5. The summed E-state index contributed by atoms with van der Waals surface area (Å²) in [7, 11) is 0. The van der Waals surface area contributed by atoms with Crippen LogP contribution in [0, 0.1) is 11.3 Å². The van der Waals surface area contributed by atoms with Gasteiger partial charge in [0.2, 0.25) is 0 Å². The van der Waals surface area contributed by atoms with Gasteiger partial charge in [0.25, 0.3) is 5.91 Å². The van der Waals surface area contributed by atoms with Crippen molar-refractivity contribution in [2.24, 2.45) is 11.3 Å². The quantitative estimate of drug-likeness (QED) is 0.489. The topological polar surface area (TPSA) is 61.4 Å². The van der Waals surface area contributed by atoms with Crippen LogP contribution in [0.3, 0.4) is 0 Å². The van der Waals surface area contributed by atoms with Crippen LogP contribution in [0.25, 0.3) is 0 Å². The maximum absolute atomic E-state index is 12.9. The predicted octanol–water partition coefficient (Wildman–Crippen LogP) is 5.87. The van der Waals surface area contributed by atoms with Crippen LogP contribution in [0.1, 0.15) is 59.7 Å². The average Bonchev–Trinajstić information content (AvgIpc) is 2.95. The van der Waals surface area contributed by atoms with E-state index in [4.69, 9.17) is 11.6 Å². The molecule has 0 unspecified atom stereocenters. The fourth-order valence-corrected chi connectivity index (χ4v) is 6.19. The van der Waals surface area contributed by atoms with Crippen molar-refractivity contribution in [2.45, 2.75) is 46.2 Å². The first-order valence-corrected chi connectivity index (χ1v) is 11.0. The summed E-state index contributed by atoms with van der Waals surface area (Å²) in [6, 6.07) is 3.31. The van der Waals surface area contributed by atoms with Crippen LogP contribution < -0.4 is 10.6 Å². The van der Waals surface area contributed by atoms with E-state index in [2.05, 4.69) is 47.3 Å². The number of rotatable bonds is 1. The molecule has 3 N–H and O–H groups in total. The van der Waals surface area contributed by atoms with Crippen LogP contribution in [0.5, 0.6) is 5.75 Å². The van der Waals surface area contributed by atoms with Crippen molar-refractivity contribution in [2.75, 3.05) is 5.32 Å². The fraction of sp³-hybridized carbons (Fsp3) is 0.450. The molecule has 0 saturated heterocycles. The van der Waals surface area contributed by atoms with Crippen LogP contribution >= 0.6 is 38.9 Å². The maximum atomic E-state index is 12.9. The van der Waals surface area contributed by atoms with Crippen molar-refractivity contribution in [1.82, 2.24) is 5.32 Å². The minimum Gasteiger partial charge on any atom is -0.506 e. The molecule has 2 atom stereocenters. The Morgan fingerprint density at radius 1 is 1.30 bits per heavy atom. The Kier molecular flexibility index (Phi) is 4.72. The van der Waals surface area contributed by atoms with E-state index in [9.17, 15) is 9.90 Å². The van der Waals surface area contributed by atoms with Crippen molar-refractivity contribution in [3.8, 4) is 5.75 Å². The maximum Gasteiger partial charge on any atom is 0.256 e. The molecule has 0 fully saturated rings. The first-order valence-electron chi connectivity index (χ1n) is 9.05. The van der Waals surface area contributed by atoms with Crippen molar-refractivity contribution in [1.29, 1.82) is 0 Å². The molecule has 0 radical (unpaired) electrons. The molecule has 27 heavy (non-hydrogen) atoms. The van der Waals surface area contributed by atoms with Crippen LogP contribution in [0.15, 0.2) is 16.6 Å². The van der Waals surface area contributed by atoms with Gasteiger partial charge in [0, 0.05) is 15.5 Å². The van der Waals surface area contributed by atoms with E-state index in [1.54, 1.807) is 23.5 Å². The highest BCUT2D eigenvalue weighted by Crippen LogP contribution is 2.47. The number of amides is 1. The summed E-state index contributed by atoms with van der Waals surface area (Å²) in [5, 5.41) is 18.2. The molecule has 1 aliphatic carbocycles. The van der Waals surface area contributed by atoms with Gasteiger partial charge in [-0.15, -0.1) is 11.3 Å². The number of halogens is 2. The summed E-state index contributed by atoms with van der Waals surface area (Å²) in [5.74, 6) is 0.614. The van der Waals surface area contributed by atoms with Gasteiger partial charge in [-0.05, 0) is 64.2 Å². The zero-order valence-corrected chi connectivity index (χ0v) is 18.6. The third-order valence-electron chi connectivity index (χ3n) is 5.64. The number of fused-ring (bicyclic) bond motifs is 3. The molecule has 7 heteroatoms. The Labute approximate surface area is 176 Å². The predicted molar refractivity (Wildman–Crippen MR) is 114 cm³/mol. The van der Waals surface area contributed by atoms with Crippen molar-refractivity contribution >= 4 is 49.8 Å².